The van der Waals surface area contributed by atoms with E-state index in [1.807, 2.05) is 30.3 Å². The van der Waals surface area contributed by atoms with E-state index in [9.17, 15) is 10.1 Å². The van der Waals surface area contributed by atoms with E-state index >= 15 is 0 Å². The maximum Gasteiger partial charge on any atom is 0.292 e. The standard InChI is InChI=1S/C18H22N4O2/c23-22(24)18-7-6-16(21-12-10-19-11-13-21)14-17(18)20-9-8-15-4-2-1-3-5-15/h1-7,14,19-20H,8-13H2. The Kier molecular flexibility index (Phi) is 5.28. The van der Waals surface area contributed by atoms with Crippen molar-refractivity contribution in [1.82, 2.24) is 5.32 Å². The number of hydrogen-bond acceptors (Lipinski definition) is 5. The Morgan fingerprint density at radius 2 is 1.88 bits per heavy atom. The van der Waals surface area contributed by atoms with Crippen LogP contribution in [-0.2, 0) is 6.42 Å². The number of nitro groups is 1. The van der Waals surface area contributed by atoms with Crippen molar-refractivity contribution in [2.45, 2.75) is 6.42 Å². The van der Waals surface area contributed by atoms with Crippen molar-refractivity contribution in [1.29, 1.82) is 0 Å². The van der Waals surface area contributed by atoms with Crippen LogP contribution in [-0.4, -0.2) is 37.6 Å². The topological polar surface area (TPSA) is 70.4 Å². The van der Waals surface area contributed by atoms with Gasteiger partial charge in [0.25, 0.3) is 5.69 Å². The summed E-state index contributed by atoms with van der Waals surface area (Å²) in [5.41, 5.74) is 2.96. The first-order chi connectivity index (χ1) is 11.7. The Balaban J connectivity index is 1.72. The molecule has 6 nitrogen and oxygen atoms in total. The SMILES string of the molecule is O=[N+]([O-])c1ccc(N2CCNCC2)cc1NCCc1ccccc1. The van der Waals surface area contributed by atoms with Crippen LogP contribution in [0.3, 0.4) is 0 Å². The van der Waals surface area contributed by atoms with Crippen LogP contribution in [0.1, 0.15) is 5.56 Å². The first-order valence-electron chi connectivity index (χ1n) is 8.26. The van der Waals surface area contributed by atoms with Gasteiger partial charge in [0.2, 0.25) is 0 Å². The molecule has 24 heavy (non-hydrogen) atoms. The average molecular weight is 326 g/mol. The number of nitrogens with one attached hydrogen (secondary N) is 2. The quantitative estimate of drug-likeness (QED) is 0.631. The Bertz CT molecular complexity index is 685. The lowest BCUT2D eigenvalue weighted by molar-refractivity contribution is -0.383. The summed E-state index contributed by atoms with van der Waals surface area (Å²) in [6.45, 7) is 4.37. The van der Waals surface area contributed by atoms with Gasteiger partial charge in [-0.3, -0.25) is 10.1 Å². The van der Waals surface area contributed by atoms with Gasteiger partial charge >= 0.3 is 0 Å². The molecule has 1 saturated heterocycles. The molecule has 0 spiro atoms. The molecule has 6 heteroatoms. The second-order valence-electron chi connectivity index (χ2n) is 5.86. The molecular formula is C18H22N4O2. The van der Waals surface area contributed by atoms with E-state index < -0.39 is 0 Å². The molecule has 0 saturated carbocycles. The lowest BCUT2D eigenvalue weighted by Crippen LogP contribution is -2.43. The Morgan fingerprint density at radius 3 is 2.58 bits per heavy atom. The van der Waals surface area contributed by atoms with Crippen molar-refractivity contribution >= 4 is 17.1 Å². The van der Waals surface area contributed by atoms with Gasteiger partial charge in [0, 0.05) is 44.5 Å². The third kappa shape index (κ3) is 4.02. The molecule has 0 bridgehead atoms. The van der Waals surface area contributed by atoms with Gasteiger partial charge in [0.15, 0.2) is 0 Å². The predicted molar refractivity (Wildman–Crippen MR) is 96.8 cm³/mol. The molecule has 0 atom stereocenters. The Hall–Kier alpha value is -2.60. The van der Waals surface area contributed by atoms with Crippen LogP contribution in [0.4, 0.5) is 17.1 Å². The highest BCUT2D eigenvalue weighted by molar-refractivity contribution is 5.69. The molecule has 0 amide bonds. The molecule has 0 aromatic heterocycles. The van der Waals surface area contributed by atoms with E-state index in [-0.39, 0.29) is 10.6 Å². The zero-order valence-electron chi connectivity index (χ0n) is 13.6. The van der Waals surface area contributed by atoms with Crippen LogP contribution in [0.5, 0.6) is 0 Å². The summed E-state index contributed by atoms with van der Waals surface area (Å²) in [4.78, 5) is 13.2. The van der Waals surface area contributed by atoms with E-state index in [0.717, 1.165) is 38.3 Å². The van der Waals surface area contributed by atoms with Crippen LogP contribution in [0.25, 0.3) is 0 Å². The van der Waals surface area contributed by atoms with Crippen molar-refractivity contribution in [3.05, 3.63) is 64.2 Å². The summed E-state index contributed by atoms with van der Waals surface area (Å²) in [5.74, 6) is 0. The van der Waals surface area contributed by atoms with Crippen LogP contribution in [0.15, 0.2) is 48.5 Å². The maximum atomic E-state index is 11.3. The van der Waals surface area contributed by atoms with E-state index in [1.165, 1.54) is 5.56 Å². The summed E-state index contributed by atoms with van der Waals surface area (Å²) in [6.07, 6.45) is 0.829. The summed E-state index contributed by atoms with van der Waals surface area (Å²) in [7, 11) is 0. The normalized spacial score (nSPS) is 14.4. The maximum absolute atomic E-state index is 11.3. The van der Waals surface area contributed by atoms with Gasteiger partial charge in [-0.15, -0.1) is 0 Å². The van der Waals surface area contributed by atoms with Gasteiger partial charge in [0.05, 0.1) is 4.92 Å². The van der Waals surface area contributed by atoms with E-state index in [0.29, 0.717) is 12.2 Å². The summed E-state index contributed by atoms with van der Waals surface area (Å²) < 4.78 is 0. The van der Waals surface area contributed by atoms with Gasteiger partial charge < -0.3 is 15.5 Å². The van der Waals surface area contributed by atoms with Gasteiger partial charge in [-0.2, -0.15) is 0 Å². The molecular weight excluding hydrogens is 304 g/mol. The minimum absolute atomic E-state index is 0.127. The molecule has 1 heterocycles. The molecule has 0 unspecified atom stereocenters. The van der Waals surface area contributed by atoms with Crippen LogP contribution in [0, 0.1) is 10.1 Å². The zero-order valence-corrected chi connectivity index (χ0v) is 13.6. The lowest BCUT2D eigenvalue weighted by Gasteiger charge is -2.29. The van der Waals surface area contributed by atoms with Crippen molar-refractivity contribution in [2.24, 2.45) is 0 Å². The monoisotopic (exact) mass is 326 g/mol. The van der Waals surface area contributed by atoms with Crippen LogP contribution < -0.4 is 15.5 Å². The van der Waals surface area contributed by atoms with Crippen molar-refractivity contribution < 1.29 is 4.92 Å². The predicted octanol–water partition coefficient (Wildman–Crippen LogP) is 2.66. The number of benzene rings is 2. The summed E-state index contributed by atoms with van der Waals surface area (Å²) in [5, 5.41) is 17.8. The number of nitro benzene ring substituents is 1. The molecule has 0 aliphatic carbocycles. The number of rotatable bonds is 6. The number of hydrogen-bond donors (Lipinski definition) is 2. The van der Waals surface area contributed by atoms with E-state index in [2.05, 4.69) is 27.7 Å². The largest absolute Gasteiger partial charge is 0.379 e. The minimum Gasteiger partial charge on any atom is -0.379 e. The third-order valence-electron chi connectivity index (χ3n) is 4.23. The average Bonchev–Trinajstić information content (AvgIpc) is 2.63. The molecule has 0 radical (unpaired) electrons. The lowest BCUT2D eigenvalue weighted by atomic mass is 10.1. The smallest absolute Gasteiger partial charge is 0.292 e. The molecule has 1 aliphatic rings. The fraction of sp³-hybridized carbons (Fsp3) is 0.333. The number of nitrogens with zero attached hydrogens (tertiary/aromatic N) is 2. The fourth-order valence-corrected chi connectivity index (χ4v) is 2.93. The highest BCUT2D eigenvalue weighted by Gasteiger charge is 2.17. The summed E-state index contributed by atoms with van der Waals surface area (Å²) >= 11 is 0. The van der Waals surface area contributed by atoms with E-state index in [1.54, 1.807) is 6.07 Å². The zero-order chi connectivity index (χ0) is 16.8. The molecule has 1 fully saturated rings. The summed E-state index contributed by atoms with van der Waals surface area (Å²) in [6, 6.07) is 15.5. The van der Waals surface area contributed by atoms with Crippen LogP contribution >= 0.6 is 0 Å². The number of anilines is 2. The minimum atomic E-state index is -0.327. The second kappa shape index (κ2) is 7.79. The first kappa shape index (κ1) is 16.3. The van der Waals surface area contributed by atoms with Gasteiger partial charge in [0.1, 0.15) is 5.69 Å². The van der Waals surface area contributed by atoms with Gasteiger partial charge in [-0.05, 0) is 24.1 Å². The molecule has 126 valence electrons. The van der Waals surface area contributed by atoms with Crippen molar-refractivity contribution in [3.8, 4) is 0 Å². The number of piperazine rings is 1. The van der Waals surface area contributed by atoms with E-state index in [4.69, 9.17) is 0 Å². The Morgan fingerprint density at radius 1 is 1.12 bits per heavy atom. The molecule has 2 aromatic carbocycles. The van der Waals surface area contributed by atoms with Gasteiger partial charge in [-0.1, -0.05) is 30.3 Å². The van der Waals surface area contributed by atoms with Crippen molar-refractivity contribution in [2.75, 3.05) is 42.9 Å². The third-order valence-corrected chi connectivity index (χ3v) is 4.23. The highest BCUT2D eigenvalue weighted by Crippen LogP contribution is 2.29. The molecule has 3 rings (SSSR count). The van der Waals surface area contributed by atoms with Crippen molar-refractivity contribution in [3.63, 3.8) is 0 Å². The fourth-order valence-electron chi connectivity index (χ4n) is 2.93. The Labute approximate surface area is 141 Å². The molecule has 2 aromatic rings. The highest BCUT2D eigenvalue weighted by atomic mass is 16.6. The first-order valence-corrected chi connectivity index (χ1v) is 8.26. The molecule has 2 N–H and O–H groups in total. The second-order valence-corrected chi connectivity index (χ2v) is 5.86. The van der Waals surface area contributed by atoms with Gasteiger partial charge in [-0.25, -0.2) is 0 Å². The van der Waals surface area contributed by atoms with Crippen LogP contribution in [0.2, 0.25) is 0 Å². The molecule has 1 aliphatic heterocycles.